The Morgan fingerprint density at radius 3 is 2.80 bits per heavy atom. The van der Waals surface area contributed by atoms with Crippen LogP contribution in [0.25, 0.3) is 0 Å². The molecule has 0 aromatic carbocycles. The molecule has 1 saturated heterocycles. The minimum absolute atomic E-state index is 0.102. The van der Waals surface area contributed by atoms with E-state index in [9.17, 15) is 4.79 Å². The minimum Gasteiger partial charge on any atom is -0.444 e. The molecule has 1 saturated carbocycles. The van der Waals surface area contributed by atoms with Gasteiger partial charge in [0.2, 0.25) is 0 Å². The van der Waals surface area contributed by atoms with Crippen molar-refractivity contribution in [3.8, 4) is 0 Å². The molecule has 1 aliphatic heterocycles. The number of hydrogen-bond donors (Lipinski definition) is 1. The summed E-state index contributed by atoms with van der Waals surface area (Å²) >= 11 is 0. The summed E-state index contributed by atoms with van der Waals surface area (Å²) in [4.78, 5) is 13.6. The number of nitrogens with zero attached hydrogens (tertiary/aromatic N) is 1. The summed E-state index contributed by atoms with van der Waals surface area (Å²) in [5.41, 5.74) is 5.58. The fraction of sp³-hybridized carbons (Fsp3) is 0.909. The SMILES string of the molecule is CC(C)(C)OC(=O)N1CCC[C@@]2(N)C[C@@H]12. The molecule has 0 unspecified atom stereocenters. The van der Waals surface area contributed by atoms with E-state index in [-0.39, 0.29) is 17.7 Å². The summed E-state index contributed by atoms with van der Waals surface area (Å²) in [6.45, 7) is 6.45. The second-order valence-electron chi connectivity index (χ2n) is 5.73. The Labute approximate surface area is 90.8 Å². The van der Waals surface area contributed by atoms with E-state index in [2.05, 4.69) is 0 Å². The quantitative estimate of drug-likeness (QED) is 0.662. The lowest BCUT2D eigenvalue weighted by atomic mass is 10.1. The molecular weight excluding hydrogens is 192 g/mol. The van der Waals surface area contributed by atoms with Crippen LogP contribution in [0.5, 0.6) is 0 Å². The molecule has 0 aromatic heterocycles. The topological polar surface area (TPSA) is 55.6 Å². The number of carbonyl (C=O) groups excluding carboxylic acids is 1. The van der Waals surface area contributed by atoms with Crippen LogP contribution in [-0.4, -0.2) is 34.7 Å². The highest BCUT2D eigenvalue weighted by Crippen LogP contribution is 2.45. The number of fused-ring (bicyclic) bond motifs is 1. The van der Waals surface area contributed by atoms with Crippen molar-refractivity contribution in [1.82, 2.24) is 4.90 Å². The fourth-order valence-electron chi connectivity index (χ4n) is 2.26. The predicted octanol–water partition coefficient (Wildman–Crippen LogP) is 1.49. The zero-order chi connectivity index (χ0) is 11.3. The third-order valence-corrected chi connectivity index (χ3v) is 3.12. The van der Waals surface area contributed by atoms with Crippen LogP contribution in [0, 0.1) is 0 Å². The van der Waals surface area contributed by atoms with Gasteiger partial charge < -0.3 is 15.4 Å². The lowest BCUT2D eigenvalue weighted by Gasteiger charge is -2.32. The first-order valence-corrected chi connectivity index (χ1v) is 5.60. The lowest BCUT2D eigenvalue weighted by Crippen LogP contribution is -2.47. The Morgan fingerprint density at radius 1 is 1.53 bits per heavy atom. The summed E-state index contributed by atoms with van der Waals surface area (Å²) < 4.78 is 5.35. The third-order valence-electron chi connectivity index (χ3n) is 3.12. The maximum Gasteiger partial charge on any atom is 0.410 e. The fourth-order valence-corrected chi connectivity index (χ4v) is 2.26. The van der Waals surface area contributed by atoms with Gasteiger partial charge in [-0.25, -0.2) is 4.79 Å². The molecule has 0 aromatic rings. The van der Waals surface area contributed by atoms with Gasteiger partial charge in [-0.1, -0.05) is 0 Å². The number of ether oxygens (including phenoxy) is 1. The van der Waals surface area contributed by atoms with Crippen molar-refractivity contribution in [3.05, 3.63) is 0 Å². The van der Waals surface area contributed by atoms with E-state index in [1.165, 1.54) is 0 Å². The Balaban J connectivity index is 1.97. The molecule has 0 spiro atoms. The molecule has 86 valence electrons. The summed E-state index contributed by atoms with van der Waals surface area (Å²) in [7, 11) is 0. The Hall–Kier alpha value is -0.770. The van der Waals surface area contributed by atoms with Crippen molar-refractivity contribution in [2.75, 3.05) is 6.54 Å². The summed E-state index contributed by atoms with van der Waals surface area (Å²) in [6, 6.07) is 0.223. The van der Waals surface area contributed by atoms with Gasteiger partial charge in [0.15, 0.2) is 0 Å². The van der Waals surface area contributed by atoms with Crippen molar-refractivity contribution in [1.29, 1.82) is 0 Å². The molecule has 1 aliphatic carbocycles. The highest BCUT2D eigenvalue weighted by atomic mass is 16.6. The van der Waals surface area contributed by atoms with Crippen molar-refractivity contribution in [3.63, 3.8) is 0 Å². The Bertz CT molecular complexity index is 285. The van der Waals surface area contributed by atoms with Crippen LogP contribution in [0.1, 0.15) is 40.0 Å². The van der Waals surface area contributed by atoms with E-state index >= 15 is 0 Å². The van der Waals surface area contributed by atoms with Crippen LogP contribution >= 0.6 is 0 Å². The minimum atomic E-state index is -0.416. The molecule has 4 nitrogen and oxygen atoms in total. The molecule has 2 rings (SSSR count). The molecule has 1 amide bonds. The number of likely N-dealkylation sites (tertiary alicyclic amines) is 1. The molecule has 15 heavy (non-hydrogen) atoms. The summed E-state index contributed by atoms with van der Waals surface area (Å²) in [5, 5.41) is 0. The van der Waals surface area contributed by atoms with E-state index in [4.69, 9.17) is 10.5 Å². The number of rotatable bonds is 0. The van der Waals surface area contributed by atoms with Crippen LogP contribution in [0.15, 0.2) is 0 Å². The van der Waals surface area contributed by atoms with E-state index in [1.807, 2.05) is 20.8 Å². The van der Waals surface area contributed by atoms with Crippen LogP contribution in [-0.2, 0) is 4.74 Å². The molecule has 2 atom stereocenters. The number of amides is 1. The van der Waals surface area contributed by atoms with Crippen molar-refractivity contribution < 1.29 is 9.53 Å². The Kier molecular flexibility index (Phi) is 2.23. The standard InChI is InChI=1S/C11H20N2O2/c1-10(2,3)15-9(14)13-6-4-5-11(12)7-8(11)13/h8H,4-7,12H2,1-3H3/t8-,11-/m1/s1. The van der Waals surface area contributed by atoms with E-state index in [1.54, 1.807) is 4.90 Å². The molecule has 2 fully saturated rings. The Morgan fingerprint density at radius 2 is 2.20 bits per heavy atom. The largest absolute Gasteiger partial charge is 0.444 e. The van der Waals surface area contributed by atoms with Gasteiger partial charge in [-0.2, -0.15) is 0 Å². The lowest BCUT2D eigenvalue weighted by molar-refractivity contribution is 0.0185. The molecule has 1 heterocycles. The highest BCUT2D eigenvalue weighted by Gasteiger charge is 2.57. The van der Waals surface area contributed by atoms with E-state index < -0.39 is 5.60 Å². The smallest absolute Gasteiger partial charge is 0.410 e. The van der Waals surface area contributed by atoms with Crippen LogP contribution in [0.4, 0.5) is 4.79 Å². The molecule has 0 radical (unpaired) electrons. The summed E-state index contributed by atoms with van der Waals surface area (Å²) in [6.07, 6.45) is 2.76. The third kappa shape index (κ3) is 2.09. The van der Waals surface area contributed by atoms with Gasteiger partial charge in [0.25, 0.3) is 0 Å². The number of nitrogens with two attached hydrogens (primary N) is 1. The van der Waals surface area contributed by atoms with E-state index in [0.29, 0.717) is 0 Å². The maximum absolute atomic E-state index is 11.8. The van der Waals surface area contributed by atoms with Gasteiger partial charge in [-0.15, -0.1) is 0 Å². The molecule has 0 bridgehead atoms. The van der Waals surface area contributed by atoms with E-state index in [0.717, 1.165) is 25.8 Å². The summed E-state index contributed by atoms with van der Waals surface area (Å²) in [5.74, 6) is 0. The molecule has 2 N–H and O–H groups in total. The van der Waals surface area contributed by atoms with Gasteiger partial charge in [-0.3, -0.25) is 0 Å². The normalized spacial score (nSPS) is 34.7. The first-order chi connectivity index (χ1) is 6.82. The monoisotopic (exact) mass is 212 g/mol. The number of piperidine rings is 1. The number of hydrogen-bond acceptors (Lipinski definition) is 3. The first-order valence-electron chi connectivity index (χ1n) is 5.60. The zero-order valence-corrected chi connectivity index (χ0v) is 9.75. The average molecular weight is 212 g/mol. The van der Waals surface area contributed by atoms with Crippen molar-refractivity contribution >= 4 is 6.09 Å². The first kappa shape index (κ1) is 10.7. The van der Waals surface area contributed by atoms with Crippen molar-refractivity contribution in [2.45, 2.75) is 57.2 Å². The van der Waals surface area contributed by atoms with Crippen LogP contribution in [0.2, 0.25) is 0 Å². The number of carbonyl (C=O) groups is 1. The molecule has 2 aliphatic rings. The maximum atomic E-state index is 11.8. The highest BCUT2D eigenvalue weighted by molar-refractivity contribution is 5.70. The van der Waals surface area contributed by atoms with Gasteiger partial charge in [0.05, 0.1) is 6.04 Å². The van der Waals surface area contributed by atoms with Gasteiger partial charge in [-0.05, 0) is 40.0 Å². The predicted molar refractivity (Wildman–Crippen MR) is 57.5 cm³/mol. The second kappa shape index (κ2) is 3.11. The molecular formula is C11H20N2O2. The van der Waals surface area contributed by atoms with Crippen molar-refractivity contribution in [2.24, 2.45) is 5.73 Å². The van der Waals surface area contributed by atoms with Crippen LogP contribution < -0.4 is 5.73 Å². The van der Waals surface area contributed by atoms with Crippen LogP contribution in [0.3, 0.4) is 0 Å². The zero-order valence-electron chi connectivity index (χ0n) is 9.75. The average Bonchev–Trinajstić information content (AvgIpc) is 2.72. The molecule has 4 heteroatoms. The van der Waals surface area contributed by atoms with Gasteiger partial charge >= 0.3 is 6.09 Å². The second-order valence-corrected chi connectivity index (χ2v) is 5.73. The van der Waals surface area contributed by atoms with Gasteiger partial charge in [0.1, 0.15) is 5.60 Å². The van der Waals surface area contributed by atoms with Gasteiger partial charge in [0, 0.05) is 12.1 Å².